The molecule has 0 aliphatic rings. The first-order chi connectivity index (χ1) is 13.4. The van der Waals surface area contributed by atoms with Crippen molar-refractivity contribution in [1.82, 2.24) is 4.98 Å². The van der Waals surface area contributed by atoms with Crippen LogP contribution in [0.3, 0.4) is 0 Å². The lowest BCUT2D eigenvalue weighted by Crippen LogP contribution is -2.22. The molecular weight excluding hydrogens is 374 g/mol. The van der Waals surface area contributed by atoms with Crippen LogP contribution in [-0.2, 0) is 0 Å². The van der Waals surface area contributed by atoms with E-state index in [-0.39, 0.29) is 5.56 Å². The van der Waals surface area contributed by atoms with Crippen LogP contribution in [0.4, 0.5) is 0 Å². The molecule has 0 spiro atoms. The fraction of sp³-hybridized carbons (Fsp3) is 0.130. The third-order valence-corrected chi connectivity index (χ3v) is 4.95. The summed E-state index contributed by atoms with van der Waals surface area (Å²) < 4.78 is 5.96. The number of hydrogen-bond acceptors (Lipinski definition) is 4. The van der Waals surface area contributed by atoms with Crippen LogP contribution < -0.4 is 5.11 Å². The lowest BCUT2D eigenvalue weighted by atomic mass is 10.0. The van der Waals surface area contributed by atoms with Crippen LogP contribution in [0.15, 0.2) is 65.1 Å². The highest BCUT2D eigenvalue weighted by molar-refractivity contribution is 6.31. The van der Waals surface area contributed by atoms with Gasteiger partial charge in [-0.15, -0.1) is 0 Å². The van der Waals surface area contributed by atoms with Gasteiger partial charge in [-0.05, 0) is 47.9 Å². The lowest BCUT2D eigenvalue weighted by molar-refractivity contribution is -0.254. The van der Waals surface area contributed by atoms with Gasteiger partial charge < -0.3 is 14.3 Å². The van der Waals surface area contributed by atoms with Crippen molar-refractivity contribution in [3.8, 4) is 22.8 Å². The van der Waals surface area contributed by atoms with Crippen molar-refractivity contribution < 1.29 is 14.3 Å². The molecule has 0 saturated carbocycles. The van der Waals surface area contributed by atoms with E-state index in [1.165, 1.54) is 11.6 Å². The first kappa shape index (κ1) is 18.3. The molecule has 0 aliphatic heterocycles. The summed E-state index contributed by atoms with van der Waals surface area (Å²) >= 11 is 5.99. The van der Waals surface area contributed by atoms with E-state index in [4.69, 9.17) is 16.0 Å². The zero-order valence-corrected chi connectivity index (χ0v) is 16.2. The van der Waals surface area contributed by atoms with Gasteiger partial charge >= 0.3 is 0 Å². The summed E-state index contributed by atoms with van der Waals surface area (Å²) in [6, 6.07) is 18.2. The first-order valence-corrected chi connectivity index (χ1v) is 9.32. The Kier molecular flexibility index (Phi) is 4.65. The molecule has 2 aromatic heterocycles. The third-order valence-electron chi connectivity index (χ3n) is 4.71. The Morgan fingerprint density at radius 3 is 2.39 bits per heavy atom. The van der Waals surface area contributed by atoms with E-state index in [9.17, 15) is 9.90 Å². The smallest absolute Gasteiger partial charge is 0.153 e. The Hall–Kier alpha value is -3.11. The predicted molar refractivity (Wildman–Crippen MR) is 108 cm³/mol. The molecule has 0 bridgehead atoms. The van der Waals surface area contributed by atoms with Crippen molar-refractivity contribution in [2.24, 2.45) is 0 Å². The maximum absolute atomic E-state index is 11.6. The molecule has 4 rings (SSSR count). The molecule has 5 heteroatoms. The average molecular weight is 391 g/mol. The second-order valence-corrected chi connectivity index (χ2v) is 7.38. The Bertz CT molecular complexity index is 1180. The summed E-state index contributed by atoms with van der Waals surface area (Å²) in [6.07, 6.45) is 0. The van der Waals surface area contributed by atoms with Gasteiger partial charge in [0.2, 0.25) is 0 Å². The highest BCUT2D eigenvalue weighted by atomic mass is 35.5. The van der Waals surface area contributed by atoms with Crippen LogP contribution in [0, 0.1) is 0 Å². The number of pyridine rings is 1. The Morgan fingerprint density at radius 1 is 1.00 bits per heavy atom. The zero-order valence-electron chi connectivity index (χ0n) is 15.4. The SMILES string of the molecule is CC(C)c1ccc(-c2ccc(-c3cc(C(=O)[O-])c4cc(Cl)ccc4n3)o2)cc1. The van der Waals surface area contributed by atoms with E-state index >= 15 is 0 Å². The van der Waals surface area contributed by atoms with Crippen molar-refractivity contribution in [3.63, 3.8) is 0 Å². The molecule has 140 valence electrons. The van der Waals surface area contributed by atoms with Crippen LogP contribution >= 0.6 is 11.6 Å². The van der Waals surface area contributed by atoms with Crippen molar-refractivity contribution >= 4 is 28.5 Å². The molecule has 2 heterocycles. The monoisotopic (exact) mass is 390 g/mol. The number of rotatable bonds is 4. The van der Waals surface area contributed by atoms with Crippen LogP contribution in [0.25, 0.3) is 33.7 Å². The summed E-state index contributed by atoms with van der Waals surface area (Å²) in [4.78, 5) is 16.1. The molecule has 0 fully saturated rings. The summed E-state index contributed by atoms with van der Waals surface area (Å²) in [7, 11) is 0. The maximum atomic E-state index is 11.6. The van der Waals surface area contributed by atoms with E-state index in [2.05, 4.69) is 31.0 Å². The number of hydrogen-bond donors (Lipinski definition) is 0. The van der Waals surface area contributed by atoms with Crippen LogP contribution in [-0.4, -0.2) is 11.0 Å². The van der Waals surface area contributed by atoms with Gasteiger partial charge in [0.1, 0.15) is 11.5 Å². The number of aromatic nitrogens is 1. The van der Waals surface area contributed by atoms with Gasteiger partial charge in [-0.1, -0.05) is 49.7 Å². The molecule has 4 aromatic rings. The van der Waals surface area contributed by atoms with Crippen molar-refractivity contribution in [2.75, 3.05) is 0 Å². The zero-order chi connectivity index (χ0) is 19.8. The molecule has 0 unspecified atom stereocenters. The van der Waals surface area contributed by atoms with Gasteiger partial charge in [-0.25, -0.2) is 4.98 Å². The minimum absolute atomic E-state index is 0.0294. The Balaban J connectivity index is 1.77. The number of aromatic carboxylic acids is 1. The molecule has 0 amide bonds. The highest BCUT2D eigenvalue weighted by Crippen LogP contribution is 2.31. The molecule has 0 aliphatic carbocycles. The second kappa shape index (κ2) is 7.13. The number of benzene rings is 2. The third kappa shape index (κ3) is 3.39. The van der Waals surface area contributed by atoms with Crippen LogP contribution in [0.1, 0.15) is 35.7 Å². The lowest BCUT2D eigenvalue weighted by Gasteiger charge is -2.10. The standard InChI is InChI=1S/C23H18ClNO3/c1-13(2)14-3-5-15(6-4-14)21-9-10-22(28-21)20-12-18(23(26)27)17-11-16(24)7-8-19(17)25-20/h3-13H,1-2H3,(H,26,27)/p-1. The van der Waals surface area contributed by atoms with Gasteiger partial charge in [0.15, 0.2) is 5.76 Å². The van der Waals surface area contributed by atoms with Gasteiger partial charge in [-0.2, -0.15) is 0 Å². The van der Waals surface area contributed by atoms with E-state index in [0.717, 1.165) is 5.56 Å². The molecule has 0 radical (unpaired) electrons. The van der Waals surface area contributed by atoms with E-state index < -0.39 is 5.97 Å². The quantitative estimate of drug-likeness (QED) is 0.474. The van der Waals surface area contributed by atoms with E-state index in [0.29, 0.717) is 39.1 Å². The molecule has 0 N–H and O–H groups in total. The number of furan rings is 1. The molecule has 0 atom stereocenters. The van der Waals surface area contributed by atoms with Crippen LogP contribution in [0.2, 0.25) is 5.02 Å². The molecule has 2 aromatic carbocycles. The van der Waals surface area contributed by atoms with Gasteiger partial charge in [0, 0.05) is 21.5 Å². The summed E-state index contributed by atoms with van der Waals surface area (Å²) in [5, 5.41) is 12.5. The number of carboxylic acids is 1. The number of carbonyl (C=O) groups is 1. The number of halogens is 1. The summed E-state index contributed by atoms with van der Waals surface area (Å²) in [5.41, 5.74) is 3.17. The Morgan fingerprint density at radius 2 is 1.71 bits per heavy atom. The first-order valence-electron chi connectivity index (χ1n) is 8.94. The highest BCUT2D eigenvalue weighted by Gasteiger charge is 2.13. The van der Waals surface area contributed by atoms with Gasteiger partial charge in [0.05, 0.1) is 11.5 Å². The normalized spacial score (nSPS) is 11.3. The predicted octanol–water partition coefficient (Wildman–Crippen LogP) is 5.30. The van der Waals surface area contributed by atoms with E-state index in [1.54, 1.807) is 24.3 Å². The van der Waals surface area contributed by atoms with E-state index in [1.807, 2.05) is 18.2 Å². The van der Waals surface area contributed by atoms with Crippen molar-refractivity contribution in [3.05, 3.63) is 76.8 Å². The minimum atomic E-state index is -1.29. The summed E-state index contributed by atoms with van der Waals surface area (Å²) in [6.45, 7) is 4.29. The topological polar surface area (TPSA) is 66.2 Å². The molecule has 4 nitrogen and oxygen atoms in total. The number of carboxylic acid groups (broad SMARTS) is 1. The van der Waals surface area contributed by atoms with Crippen LogP contribution in [0.5, 0.6) is 0 Å². The van der Waals surface area contributed by atoms with Gasteiger partial charge in [-0.3, -0.25) is 0 Å². The second-order valence-electron chi connectivity index (χ2n) is 6.94. The number of carbonyl (C=O) groups excluding carboxylic acids is 1. The molecule has 0 saturated heterocycles. The maximum Gasteiger partial charge on any atom is 0.153 e. The number of fused-ring (bicyclic) bond motifs is 1. The van der Waals surface area contributed by atoms with Crippen molar-refractivity contribution in [2.45, 2.75) is 19.8 Å². The average Bonchev–Trinajstić information content (AvgIpc) is 3.17. The largest absolute Gasteiger partial charge is 0.545 e. The molecule has 28 heavy (non-hydrogen) atoms. The fourth-order valence-electron chi connectivity index (χ4n) is 3.16. The number of nitrogens with zero attached hydrogens (tertiary/aromatic N) is 1. The van der Waals surface area contributed by atoms with Crippen molar-refractivity contribution in [1.29, 1.82) is 0 Å². The van der Waals surface area contributed by atoms with Gasteiger partial charge in [0.25, 0.3) is 0 Å². The summed E-state index contributed by atoms with van der Waals surface area (Å²) in [5.74, 6) is 0.354. The fourth-order valence-corrected chi connectivity index (χ4v) is 3.33. The Labute approximate surface area is 167 Å². The minimum Gasteiger partial charge on any atom is -0.545 e. The molecular formula is C23H17ClNO3-.